The molecule has 0 aromatic heterocycles. The van der Waals surface area contributed by atoms with E-state index in [9.17, 15) is 9.18 Å². The second-order valence-corrected chi connectivity index (χ2v) is 5.97. The molecule has 4 heteroatoms. The van der Waals surface area contributed by atoms with Crippen molar-refractivity contribution in [3.8, 4) is 0 Å². The Morgan fingerprint density at radius 1 is 1.22 bits per heavy atom. The van der Waals surface area contributed by atoms with Crippen LogP contribution in [0.1, 0.15) is 58.8 Å². The Morgan fingerprint density at radius 2 is 1.94 bits per heavy atom. The fourth-order valence-electron chi connectivity index (χ4n) is 1.72. The van der Waals surface area contributed by atoms with E-state index in [4.69, 9.17) is 4.74 Å². The molecular formula is C14H27FO2S. The molecule has 0 saturated heterocycles. The van der Waals surface area contributed by atoms with Crippen LogP contribution in [0.25, 0.3) is 0 Å². The largest absolute Gasteiger partial charge is 0.468 e. The molecule has 2 nitrogen and oxygen atoms in total. The zero-order valence-corrected chi connectivity index (χ0v) is 12.7. The first-order valence-corrected chi connectivity index (χ1v) is 8.00. The van der Waals surface area contributed by atoms with Crippen molar-refractivity contribution in [1.29, 1.82) is 0 Å². The van der Waals surface area contributed by atoms with Crippen LogP contribution in [0.3, 0.4) is 0 Å². The molecule has 0 rings (SSSR count). The molecular weight excluding hydrogens is 251 g/mol. The predicted octanol–water partition coefficient (Wildman–Crippen LogP) is 4.37. The maximum atomic E-state index is 12.6. The van der Waals surface area contributed by atoms with Crippen LogP contribution in [-0.2, 0) is 9.53 Å². The zero-order valence-electron chi connectivity index (χ0n) is 11.9. The maximum Gasteiger partial charge on any atom is 0.318 e. The van der Waals surface area contributed by atoms with Gasteiger partial charge in [-0.25, -0.2) is 4.39 Å². The molecule has 0 heterocycles. The van der Waals surface area contributed by atoms with Crippen LogP contribution in [0.2, 0.25) is 0 Å². The van der Waals surface area contributed by atoms with Crippen LogP contribution in [0, 0.1) is 0 Å². The van der Waals surface area contributed by atoms with Gasteiger partial charge in [0.05, 0.1) is 13.3 Å². The molecule has 0 saturated carbocycles. The summed E-state index contributed by atoms with van der Waals surface area (Å²) in [6.07, 6.45) is 6.06. The molecule has 0 amide bonds. The molecule has 0 aliphatic carbocycles. The lowest BCUT2D eigenvalue weighted by molar-refractivity contribution is -0.140. The minimum Gasteiger partial charge on any atom is -0.468 e. The molecule has 18 heavy (non-hydrogen) atoms. The summed E-state index contributed by atoms with van der Waals surface area (Å²) >= 11 is 1.68. The summed E-state index contributed by atoms with van der Waals surface area (Å²) in [6, 6.07) is 0. The highest BCUT2D eigenvalue weighted by molar-refractivity contribution is 8.00. The Balaban J connectivity index is 3.65. The highest BCUT2D eigenvalue weighted by Gasteiger charge is 2.18. The second-order valence-electron chi connectivity index (χ2n) is 4.65. The van der Waals surface area contributed by atoms with Gasteiger partial charge in [-0.2, -0.15) is 0 Å². The van der Waals surface area contributed by atoms with Crippen molar-refractivity contribution in [3.05, 3.63) is 0 Å². The summed E-state index contributed by atoms with van der Waals surface area (Å²) in [5.41, 5.74) is 0. The first-order chi connectivity index (χ1) is 8.61. The lowest BCUT2D eigenvalue weighted by Crippen LogP contribution is -2.19. The van der Waals surface area contributed by atoms with Gasteiger partial charge < -0.3 is 4.74 Å². The smallest absolute Gasteiger partial charge is 0.318 e. The van der Waals surface area contributed by atoms with E-state index in [1.807, 2.05) is 0 Å². The fraction of sp³-hybridized carbons (Fsp3) is 0.929. The number of hydrogen-bond acceptors (Lipinski definition) is 3. The predicted molar refractivity (Wildman–Crippen MR) is 76.8 cm³/mol. The van der Waals surface area contributed by atoms with Gasteiger partial charge in [0, 0.05) is 0 Å². The van der Waals surface area contributed by atoms with Crippen LogP contribution >= 0.6 is 11.8 Å². The minimum absolute atomic E-state index is 0.0185. The van der Waals surface area contributed by atoms with Gasteiger partial charge in [-0.15, -0.1) is 11.8 Å². The highest BCUT2D eigenvalue weighted by atomic mass is 32.2. The maximum absolute atomic E-state index is 12.6. The first-order valence-electron chi connectivity index (χ1n) is 6.95. The van der Waals surface area contributed by atoms with Crippen molar-refractivity contribution in [2.75, 3.05) is 12.9 Å². The molecule has 0 fully saturated rings. The Bertz CT molecular complexity index is 210. The number of unbranched alkanes of at least 4 members (excludes halogenated alkanes) is 3. The quantitative estimate of drug-likeness (QED) is 0.415. The van der Waals surface area contributed by atoms with E-state index in [-0.39, 0.29) is 11.2 Å². The van der Waals surface area contributed by atoms with Crippen LogP contribution in [-0.4, -0.2) is 30.3 Å². The number of carbonyl (C=O) groups is 1. The Morgan fingerprint density at radius 3 is 2.50 bits per heavy atom. The zero-order chi connectivity index (χ0) is 13.8. The highest BCUT2D eigenvalue weighted by Crippen LogP contribution is 2.21. The Kier molecular flexibility index (Phi) is 11.7. The van der Waals surface area contributed by atoms with E-state index < -0.39 is 6.17 Å². The van der Waals surface area contributed by atoms with Crippen molar-refractivity contribution in [3.63, 3.8) is 0 Å². The number of ether oxygens (including phenoxy) is 1. The Hall–Kier alpha value is -0.250. The SMILES string of the molecule is CCCCC(SCCCCCC(C)F)C(=O)OC. The molecule has 2 unspecified atom stereocenters. The van der Waals surface area contributed by atoms with Gasteiger partial charge >= 0.3 is 5.97 Å². The molecule has 0 N–H and O–H groups in total. The average molecular weight is 278 g/mol. The first kappa shape index (κ1) is 17.8. The van der Waals surface area contributed by atoms with Gasteiger partial charge in [-0.05, 0) is 31.9 Å². The van der Waals surface area contributed by atoms with E-state index in [1.165, 1.54) is 7.11 Å². The normalized spacial score (nSPS) is 14.2. The molecule has 108 valence electrons. The number of rotatable bonds is 11. The lowest BCUT2D eigenvalue weighted by atomic mass is 10.1. The molecule has 0 aliphatic rings. The van der Waals surface area contributed by atoms with Gasteiger partial charge in [-0.1, -0.05) is 32.6 Å². The van der Waals surface area contributed by atoms with Crippen LogP contribution < -0.4 is 0 Å². The molecule has 0 bridgehead atoms. The molecule has 0 aromatic rings. The van der Waals surface area contributed by atoms with E-state index in [1.54, 1.807) is 18.7 Å². The topological polar surface area (TPSA) is 26.3 Å². The summed E-state index contributed by atoms with van der Waals surface area (Å²) in [4.78, 5) is 11.5. The molecule has 0 aromatic carbocycles. The average Bonchev–Trinajstić information content (AvgIpc) is 2.35. The molecule has 0 radical (unpaired) electrons. The van der Waals surface area contributed by atoms with Crippen molar-refractivity contribution < 1.29 is 13.9 Å². The van der Waals surface area contributed by atoms with Crippen LogP contribution in [0.4, 0.5) is 4.39 Å². The monoisotopic (exact) mass is 278 g/mol. The van der Waals surface area contributed by atoms with Gasteiger partial charge in [-0.3, -0.25) is 4.79 Å². The third kappa shape index (κ3) is 9.75. The minimum atomic E-state index is -0.690. The van der Waals surface area contributed by atoms with Crippen molar-refractivity contribution in [1.82, 2.24) is 0 Å². The second kappa shape index (κ2) is 11.8. The number of halogens is 1. The number of esters is 1. The number of thioether (sulfide) groups is 1. The van der Waals surface area contributed by atoms with Crippen LogP contribution in [0.5, 0.6) is 0 Å². The van der Waals surface area contributed by atoms with Crippen molar-refractivity contribution in [2.24, 2.45) is 0 Å². The van der Waals surface area contributed by atoms with Gasteiger partial charge in [0.25, 0.3) is 0 Å². The standard InChI is InChI=1S/C14H27FO2S/c1-4-5-10-13(14(16)17-3)18-11-8-6-7-9-12(2)15/h12-13H,4-11H2,1-3H3. The number of hydrogen-bond donors (Lipinski definition) is 0. The van der Waals surface area contributed by atoms with Crippen LogP contribution in [0.15, 0.2) is 0 Å². The van der Waals surface area contributed by atoms with E-state index >= 15 is 0 Å². The number of carbonyl (C=O) groups excluding carboxylic acids is 1. The third-order valence-electron chi connectivity index (χ3n) is 2.85. The van der Waals surface area contributed by atoms with E-state index in [0.29, 0.717) is 6.42 Å². The molecule has 0 aliphatic heterocycles. The summed E-state index contributed by atoms with van der Waals surface area (Å²) in [5.74, 6) is 0.857. The summed E-state index contributed by atoms with van der Waals surface area (Å²) in [6.45, 7) is 3.73. The molecule has 0 spiro atoms. The summed E-state index contributed by atoms with van der Waals surface area (Å²) in [7, 11) is 1.45. The number of methoxy groups -OCH3 is 1. The van der Waals surface area contributed by atoms with Crippen molar-refractivity contribution in [2.45, 2.75) is 70.2 Å². The Labute approximate surface area is 115 Å². The molecule has 2 atom stereocenters. The lowest BCUT2D eigenvalue weighted by Gasteiger charge is -2.13. The van der Waals surface area contributed by atoms with E-state index in [2.05, 4.69) is 6.92 Å². The number of alkyl halides is 1. The summed E-state index contributed by atoms with van der Waals surface area (Å²) in [5, 5.41) is -0.0185. The summed E-state index contributed by atoms with van der Waals surface area (Å²) < 4.78 is 17.4. The van der Waals surface area contributed by atoms with Gasteiger partial charge in [0.1, 0.15) is 5.25 Å². The van der Waals surface area contributed by atoms with Gasteiger partial charge in [0.15, 0.2) is 0 Å². The van der Waals surface area contributed by atoms with Crippen molar-refractivity contribution >= 4 is 17.7 Å². The van der Waals surface area contributed by atoms with Gasteiger partial charge in [0.2, 0.25) is 0 Å². The third-order valence-corrected chi connectivity index (χ3v) is 4.20. The fourth-order valence-corrected chi connectivity index (χ4v) is 2.94. The van der Waals surface area contributed by atoms with E-state index in [0.717, 1.165) is 44.3 Å².